The van der Waals surface area contributed by atoms with Crippen LogP contribution in [0.25, 0.3) is 0 Å². The Morgan fingerprint density at radius 3 is 2.59 bits per heavy atom. The number of ether oxygens (including phenoxy) is 2. The lowest BCUT2D eigenvalue weighted by Gasteiger charge is -2.24. The van der Waals surface area contributed by atoms with E-state index in [-0.39, 0.29) is 38.0 Å². The van der Waals surface area contributed by atoms with Crippen LogP contribution in [0.3, 0.4) is 0 Å². The number of nitrogens with one attached hydrogen (secondary N) is 1. The lowest BCUT2D eigenvalue weighted by Crippen LogP contribution is -2.34. The van der Waals surface area contributed by atoms with Gasteiger partial charge in [-0.2, -0.15) is 10.2 Å². The van der Waals surface area contributed by atoms with E-state index in [9.17, 15) is 14.4 Å². The Morgan fingerprint density at radius 2 is 1.94 bits per heavy atom. The maximum absolute atomic E-state index is 12.6. The molecule has 1 heterocycles. The van der Waals surface area contributed by atoms with Gasteiger partial charge in [0.15, 0.2) is 14.6 Å². The van der Waals surface area contributed by atoms with Crippen molar-refractivity contribution in [3.05, 3.63) is 58.6 Å². The average molecular weight is 490 g/mol. The Labute approximate surface area is 198 Å². The van der Waals surface area contributed by atoms with Crippen LogP contribution in [0.5, 0.6) is 0 Å². The molecule has 0 bridgehead atoms. The van der Waals surface area contributed by atoms with Gasteiger partial charge in [0.25, 0.3) is 0 Å². The molecule has 1 aromatic heterocycles. The van der Waals surface area contributed by atoms with Crippen molar-refractivity contribution in [3.8, 4) is 6.07 Å². The smallest absolute Gasteiger partial charge is 0.351 e. The highest BCUT2D eigenvalue weighted by molar-refractivity contribution is 7.46. The van der Waals surface area contributed by atoms with Gasteiger partial charge in [0.05, 0.1) is 37.4 Å². The number of carbonyl (C=O) groups excluding carboxylic acids is 2. The third kappa shape index (κ3) is 9.37. The molecule has 0 saturated carbocycles. The molecule has 34 heavy (non-hydrogen) atoms. The van der Waals surface area contributed by atoms with Crippen molar-refractivity contribution >= 4 is 26.1 Å². The summed E-state index contributed by atoms with van der Waals surface area (Å²) in [6, 6.07) is 11.8. The highest BCUT2D eigenvalue weighted by atomic mass is 31.2. The van der Waals surface area contributed by atoms with E-state index in [1.54, 1.807) is 43.9 Å². The number of rotatable bonds is 13. The molecule has 3 atom stereocenters. The summed E-state index contributed by atoms with van der Waals surface area (Å²) in [6.07, 6.45) is 0.154. The molecule has 1 aromatic carbocycles. The zero-order chi connectivity index (χ0) is 24.9. The molecule has 2 aromatic rings. The highest BCUT2D eigenvalue weighted by Gasteiger charge is 2.21. The van der Waals surface area contributed by atoms with Crippen LogP contribution in [0.15, 0.2) is 47.4 Å². The second kappa shape index (κ2) is 14.2. The number of aromatic nitrogens is 2. The van der Waals surface area contributed by atoms with Crippen LogP contribution in [0.2, 0.25) is 0 Å². The number of anilines is 1. The van der Waals surface area contributed by atoms with Gasteiger partial charge in [0.1, 0.15) is 12.4 Å². The highest BCUT2D eigenvalue weighted by Crippen LogP contribution is 2.33. The van der Waals surface area contributed by atoms with E-state index in [2.05, 4.69) is 10.3 Å². The fraction of sp³-hybridized carbons (Fsp3) is 0.409. The second-order valence-corrected chi connectivity index (χ2v) is 8.42. The fourth-order valence-electron chi connectivity index (χ4n) is 2.65. The van der Waals surface area contributed by atoms with Gasteiger partial charge >= 0.3 is 11.7 Å². The summed E-state index contributed by atoms with van der Waals surface area (Å²) in [7, 11) is -1.21. The van der Waals surface area contributed by atoms with Crippen LogP contribution in [-0.2, 0) is 23.3 Å². The van der Waals surface area contributed by atoms with Crippen molar-refractivity contribution in [2.45, 2.75) is 32.6 Å². The number of benzene rings is 1. The van der Waals surface area contributed by atoms with Crippen molar-refractivity contribution < 1.29 is 28.1 Å². The molecule has 12 heteroatoms. The quantitative estimate of drug-likeness (QED) is 0.255. The van der Waals surface area contributed by atoms with Gasteiger partial charge in [0, 0.05) is 19.8 Å². The number of carbonyl (C=O) groups is 2. The largest absolute Gasteiger partial charge is 0.457 e. The van der Waals surface area contributed by atoms with Gasteiger partial charge in [-0.15, -0.1) is 0 Å². The minimum absolute atomic E-state index is 0.0938. The molecule has 1 amide bonds. The zero-order valence-corrected chi connectivity index (χ0v) is 20.1. The third-order valence-corrected chi connectivity index (χ3v) is 5.24. The van der Waals surface area contributed by atoms with Crippen molar-refractivity contribution in [2.24, 2.45) is 0 Å². The lowest BCUT2D eigenvalue weighted by atomic mass is 10.2. The molecule has 2 rings (SSSR count). The minimum atomic E-state index is -1.21. The molecule has 0 aliphatic carbocycles. The lowest BCUT2D eigenvalue weighted by molar-refractivity contribution is -0.114. The number of esters is 1. The molecule has 0 saturated heterocycles. The van der Waals surface area contributed by atoms with Crippen LogP contribution in [0, 0.1) is 11.3 Å². The van der Waals surface area contributed by atoms with Gasteiger partial charge in [-0.05, 0) is 25.1 Å². The summed E-state index contributed by atoms with van der Waals surface area (Å²) >= 11 is 0. The van der Waals surface area contributed by atoms with Gasteiger partial charge in [-0.1, -0.05) is 18.2 Å². The van der Waals surface area contributed by atoms with Crippen LogP contribution >= 0.6 is 8.38 Å². The first-order valence-electron chi connectivity index (χ1n) is 10.4. The first-order chi connectivity index (χ1) is 16.3. The van der Waals surface area contributed by atoms with Crippen LogP contribution in [0.1, 0.15) is 36.9 Å². The summed E-state index contributed by atoms with van der Waals surface area (Å²) in [5, 5.41) is 11.0. The molecule has 0 aliphatic heterocycles. The molecular weight excluding hydrogens is 463 g/mol. The first kappa shape index (κ1) is 27.1. The maximum atomic E-state index is 12.6. The van der Waals surface area contributed by atoms with Crippen LogP contribution in [-0.4, -0.2) is 54.0 Å². The van der Waals surface area contributed by atoms with E-state index >= 15 is 0 Å². The number of amides is 1. The van der Waals surface area contributed by atoms with E-state index in [4.69, 9.17) is 23.8 Å². The predicted molar refractivity (Wildman–Crippen MR) is 124 cm³/mol. The SMILES string of the molecule is CC(=O)Nc1ccn([C@@H](COC(=O)c2ccccc2)O[C@H](C)COP(C)OCCC#N)c(=O)n1. The van der Waals surface area contributed by atoms with E-state index in [1.165, 1.54) is 19.2 Å². The summed E-state index contributed by atoms with van der Waals surface area (Å²) in [5.74, 6) is -0.846. The summed E-state index contributed by atoms with van der Waals surface area (Å²) in [5.41, 5.74) is -0.340. The van der Waals surface area contributed by atoms with E-state index in [0.29, 0.717) is 5.56 Å². The molecule has 11 nitrogen and oxygen atoms in total. The standard InChI is InChI=1S/C22H27N4O7P/c1-16(14-32-34(3)31-13-7-11-23)33-20(15-30-21(28)18-8-5-4-6-9-18)26-12-10-19(24-17(2)27)25-22(26)29/h4-6,8-10,12,16,20H,7,13-15H2,1-3H3,(H,24,25,27,29)/t16-,20-,34?/m1/s1. The van der Waals surface area contributed by atoms with Crippen molar-refractivity contribution in [1.82, 2.24) is 9.55 Å². The summed E-state index contributed by atoms with van der Waals surface area (Å²) in [6.45, 7) is 4.94. The molecule has 0 aliphatic rings. The Hall–Kier alpha value is -3.16. The van der Waals surface area contributed by atoms with E-state index in [0.717, 1.165) is 4.57 Å². The number of nitrogens with zero attached hydrogens (tertiary/aromatic N) is 3. The van der Waals surface area contributed by atoms with Crippen molar-refractivity contribution in [1.29, 1.82) is 5.26 Å². The van der Waals surface area contributed by atoms with Crippen LogP contribution < -0.4 is 11.0 Å². The molecule has 0 spiro atoms. The Kier molecular flexibility index (Phi) is 11.3. The maximum Gasteiger partial charge on any atom is 0.351 e. The zero-order valence-electron chi connectivity index (χ0n) is 19.2. The monoisotopic (exact) mass is 490 g/mol. The molecule has 182 valence electrons. The minimum Gasteiger partial charge on any atom is -0.457 e. The number of nitriles is 1. The Morgan fingerprint density at radius 1 is 1.21 bits per heavy atom. The van der Waals surface area contributed by atoms with Gasteiger partial charge in [-0.3, -0.25) is 9.36 Å². The topological polar surface area (TPSA) is 142 Å². The van der Waals surface area contributed by atoms with E-state index < -0.39 is 32.4 Å². The Bertz CT molecular complexity index is 1040. The summed E-state index contributed by atoms with van der Waals surface area (Å²) in [4.78, 5) is 40.0. The van der Waals surface area contributed by atoms with Gasteiger partial charge in [0.2, 0.25) is 5.91 Å². The number of hydrogen-bond acceptors (Lipinski definition) is 9. The average Bonchev–Trinajstić information content (AvgIpc) is 2.81. The third-order valence-electron chi connectivity index (χ3n) is 4.18. The molecule has 0 radical (unpaired) electrons. The van der Waals surface area contributed by atoms with Crippen molar-refractivity contribution in [3.63, 3.8) is 0 Å². The Balaban J connectivity index is 2.09. The molecule has 1 N–H and O–H groups in total. The normalized spacial score (nSPS) is 13.4. The summed E-state index contributed by atoms with van der Waals surface area (Å²) < 4.78 is 23.5. The number of hydrogen-bond donors (Lipinski definition) is 1. The predicted octanol–water partition coefficient (Wildman–Crippen LogP) is 2.85. The fourth-order valence-corrected chi connectivity index (χ4v) is 3.49. The van der Waals surface area contributed by atoms with Gasteiger partial charge < -0.3 is 23.8 Å². The molecular formula is C22H27N4O7P. The van der Waals surface area contributed by atoms with Gasteiger partial charge in [-0.25, -0.2) is 9.59 Å². The molecule has 0 fully saturated rings. The first-order valence-corrected chi connectivity index (χ1v) is 12.0. The molecule has 1 unspecified atom stereocenters. The van der Waals surface area contributed by atoms with Crippen LogP contribution in [0.4, 0.5) is 5.82 Å². The van der Waals surface area contributed by atoms with Crippen molar-refractivity contribution in [2.75, 3.05) is 31.8 Å². The second-order valence-electron chi connectivity index (χ2n) is 7.03. The van der Waals surface area contributed by atoms with E-state index in [1.807, 2.05) is 6.07 Å².